The summed E-state index contributed by atoms with van der Waals surface area (Å²) in [5.74, 6) is -0.253. The third-order valence-electron chi connectivity index (χ3n) is 2.09. The Kier molecular flexibility index (Phi) is 2.61. The van der Waals surface area contributed by atoms with Crippen molar-refractivity contribution in [1.29, 1.82) is 0 Å². The lowest BCUT2D eigenvalue weighted by Crippen LogP contribution is -2.11. The predicted octanol–water partition coefficient (Wildman–Crippen LogP) is 2.49. The second kappa shape index (κ2) is 3.81. The van der Waals surface area contributed by atoms with Crippen LogP contribution in [0.3, 0.4) is 0 Å². The molecule has 0 saturated carbocycles. The fourth-order valence-electron chi connectivity index (χ4n) is 1.37. The predicted molar refractivity (Wildman–Crippen MR) is 62.3 cm³/mol. The van der Waals surface area contributed by atoms with Crippen molar-refractivity contribution in [2.24, 2.45) is 0 Å². The second-order valence-corrected chi connectivity index (χ2v) is 3.93. The van der Waals surface area contributed by atoms with Gasteiger partial charge in [-0.05, 0) is 12.1 Å². The summed E-state index contributed by atoms with van der Waals surface area (Å²) in [6.07, 6.45) is 0.343. The van der Waals surface area contributed by atoms with Crippen LogP contribution in [0, 0.1) is 0 Å². The zero-order valence-corrected chi connectivity index (χ0v) is 9.30. The number of aldehydes is 1. The van der Waals surface area contributed by atoms with E-state index < -0.39 is 5.43 Å². The van der Waals surface area contributed by atoms with Gasteiger partial charge in [0.25, 0.3) is 0 Å². The average Bonchev–Trinajstić information content (AvgIpc) is 2.21. The minimum absolute atomic E-state index is 0.124. The van der Waals surface area contributed by atoms with Crippen LogP contribution in [-0.4, -0.2) is 6.29 Å². The van der Waals surface area contributed by atoms with Crippen LogP contribution in [0.4, 0.5) is 5.88 Å². The maximum Gasteiger partial charge on any atom is 0.205 e. The van der Waals surface area contributed by atoms with Crippen LogP contribution in [0.15, 0.2) is 21.3 Å². The first kappa shape index (κ1) is 11.0. The Morgan fingerprint density at radius 2 is 2.00 bits per heavy atom. The van der Waals surface area contributed by atoms with Crippen LogP contribution in [0.25, 0.3) is 11.0 Å². The first-order valence-electron chi connectivity index (χ1n) is 4.21. The molecule has 0 amide bonds. The van der Waals surface area contributed by atoms with Crippen molar-refractivity contribution in [3.63, 3.8) is 0 Å². The zero-order chi connectivity index (χ0) is 11.9. The van der Waals surface area contributed by atoms with Gasteiger partial charge in [-0.25, -0.2) is 0 Å². The maximum absolute atomic E-state index is 11.8. The molecule has 0 aliphatic rings. The van der Waals surface area contributed by atoms with Crippen molar-refractivity contribution < 1.29 is 9.21 Å². The Hall–Kier alpha value is -1.52. The fourth-order valence-corrected chi connectivity index (χ4v) is 1.90. The van der Waals surface area contributed by atoms with Gasteiger partial charge in [-0.1, -0.05) is 23.2 Å². The number of halogens is 2. The number of fused-ring (bicyclic) bond motifs is 1. The lowest BCUT2D eigenvalue weighted by atomic mass is 10.2. The summed E-state index contributed by atoms with van der Waals surface area (Å²) in [6, 6.07) is 2.80. The first-order valence-corrected chi connectivity index (χ1v) is 4.96. The van der Waals surface area contributed by atoms with Gasteiger partial charge < -0.3 is 10.2 Å². The molecular formula is C10H5Cl2NO3. The zero-order valence-electron chi connectivity index (χ0n) is 7.79. The van der Waals surface area contributed by atoms with Crippen molar-refractivity contribution in [1.82, 2.24) is 0 Å². The van der Waals surface area contributed by atoms with Crippen LogP contribution in [-0.2, 0) is 0 Å². The number of carbonyl (C=O) groups excluding carboxylic acids is 1. The van der Waals surface area contributed by atoms with E-state index in [0.717, 1.165) is 0 Å². The molecule has 0 saturated heterocycles. The molecule has 1 heterocycles. The first-order chi connectivity index (χ1) is 7.54. The molecule has 2 rings (SSSR count). The van der Waals surface area contributed by atoms with Crippen LogP contribution >= 0.6 is 23.2 Å². The van der Waals surface area contributed by atoms with Gasteiger partial charge >= 0.3 is 0 Å². The number of nitrogens with two attached hydrogens (primary N) is 1. The number of carbonyl (C=O) groups is 1. The molecule has 0 atom stereocenters. The quantitative estimate of drug-likeness (QED) is 0.797. The Balaban J connectivity index is 3.05. The summed E-state index contributed by atoms with van der Waals surface area (Å²) in [5, 5.41) is 0.587. The fraction of sp³-hybridized carbons (Fsp3) is 0. The molecule has 0 bridgehead atoms. The van der Waals surface area contributed by atoms with Gasteiger partial charge in [-0.15, -0.1) is 0 Å². The number of rotatable bonds is 1. The van der Waals surface area contributed by atoms with E-state index in [1.165, 1.54) is 12.1 Å². The van der Waals surface area contributed by atoms with E-state index in [0.29, 0.717) is 6.29 Å². The van der Waals surface area contributed by atoms with E-state index in [4.69, 9.17) is 33.4 Å². The molecule has 4 nitrogen and oxygen atoms in total. The summed E-state index contributed by atoms with van der Waals surface area (Å²) in [5.41, 5.74) is 4.77. The summed E-state index contributed by atoms with van der Waals surface area (Å²) in [6.45, 7) is 0. The van der Waals surface area contributed by atoms with E-state index in [2.05, 4.69) is 0 Å². The highest BCUT2D eigenvalue weighted by atomic mass is 35.5. The molecule has 82 valence electrons. The van der Waals surface area contributed by atoms with Crippen LogP contribution in [0.2, 0.25) is 10.0 Å². The van der Waals surface area contributed by atoms with E-state index in [1.54, 1.807) is 0 Å². The number of anilines is 1. The lowest BCUT2D eigenvalue weighted by molar-refractivity contribution is 0.112. The average molecular weight is 258 g/mol. The molecule has 0 fully saturated rings. The molecule has 0 aliphatic carbocycles. The SMILES string of the molecule is Nc1oc2c(Cl)cc(Cl)cc2c(=O)c1C=O. The molecule has 16 heavy (non-hydrogen) atoms. The van der Waals surface area contributed by atoms with Gasteiger partial charge in [0, 0.05) is 5.02 Å². The number of hydrogen-bond donors (Lipinski definition) is 1. The van der Waals surface area contributed by atoms with Gasteiger partial charge in [-0.2, -0.15) is 0 Å². The van der Waals surface area contributed by atoms with Gasteiger partial charge in [0.05, 0.1) is 10.4 Å². The van der Waals surface area contributed by atoms with Crippen LogP contribution < -0.4 is 11.2 Å². The Morgan fingerprint density at radius 1 is 1.31 bits per heavy atom. The highest BCUT2D eigenvalue weighted by molar-refractivity contribution is 6.38. The highest BCUT2D eigenvalue weighted by Gasteiger charge is 2.14. The van der Waals surface area contributed by atoms with Crippen molar-refractivity contribution >= 4 is 46.3 Å². The standard InChI is InChI=1S/C10H5Cl2NO3/c11-4-1-5-8(15)6(3-14)10(13)16-9(5)7(12)2-4/h1-3H,13H2. The number of benzene rings is 1. The van der Waals surface area contributed by atoms with Crippen LogP contribution in [0.1, 0.15) is 10.4 Å². The van der Waals surface area contributed by atoms with E-state index >= 15 is 0 Å². The summed E-state index contributed by atoms with van der Waals surface area (Å²) >= 11 is 11.6. The Labute approximate surface area is 99.6 Å². The molecule has 1 aromatic heterocycles. The van der Waals surface area contributed by atoms with E-state index in [1.807, 2.05) is 0 Å². The number of hydrogen-bond acceptors (Lipinski definition) is 4. The maximum atomic E-state index is 11.8. The Bertz CT molecular complexity index is 649. The molecule has 2 aromatic rings. The van der Waals surface area contributed by atoms with Crippen LogP contribution in [0.5, 0.6) is 0 Å². The second-order valence-electron chi connectivity index (χ2n) is 3.09. The van der Waals surface area contributed by atoms with Crippen molar-refractivity contribution in [2.45, 2.75) is 0 Å². The van der Waals surface area contributed by atoms with Crippen molar-refractivity contribution in [3.8, 4) is 0 Å². The third kappa shape index (κ3) is 1.56. The summed E-state index contributed by atoms with van der Waals surface area (Å²) in [4.78, 5) is 22.5. The van der Waals surface area contributed by atoms with Crippen molar-refractivity contribution in [3.05, 3.63) is 38.0 Å². The minimum Gasteiger partial charge on any atom is -0.438 e. The molecule has 1 aromatic carbocycles. The summed E-state index contributed by atoms with van der Waals surface area (Å²) in [7, 11) is 0. The largest absolute Gasteiger partial charge is 0.438 e. The monoisotopic (exact) mass is 257 g/mol. The third-order valence-corrected chi connectivity index (χ3v) is 2.59. The molecule has 2 N–H and O–H groups in total. The van der Waals surface area contributed by atoms with Gasteiger partial charge in [0.2, 0.25) is 11.3 Å². The number of nitrogen functional groups attached to an aromatic ring is 1. The van der Waals surface area contributed by atoms with Gasteiger partial charge in [-0.3, -0.25) is 9.59 Å². The van der Waals surface area contributed by atoms with E-state index in [9.17, 15) is 9.59 Å². The van der Waals surface area contributed by atoms with Crippen molar-refractivity contribution in [2.75, 3.05) is 5.73 Å². The van der Waals surface area contributed by atoms with E-state index in [-0.39, 0.29) is 32.5 Å². The molecule has 0 aliphatic heterocycles. The molecule has 6 heteroatoms. The smallest absolute Gasteiger partial charge is 0.205 e. The molecule has 0 spiro atoms. The highest BCUT2D eigenvalue weighted by Crippen LogP contribution is 2.28. The topological polar surface area (TPSA) is 73.3 Å². The van der Waals surface area contributed by atoms with Gasteiger partial charge in [0.15, 0.2) is 11.9 Å². The molecule has 0 unspecified atom stereocenters. The minimum atomic E-state index is -0.543. The Morgan fingerprint density at radius 3 is 2.62 bits per heavy atom. The molecule has 0 radical (unpaired) electrons. The summed E-state index contributed by atoms with van der Waals surface area (Å²) < 4.78 is 5.11. The lowest BCUT2D eigenvalue weighted by Gasteiger charge is -2.03. The normalized spacial score (nSPS) is 10.6. The van der Waals surface area contributed by atoms with Gasteiger partial charge in [0.1, 0.15) is 5.56 Å². The molecular weight excluding hydrogens is 253 g/mol.